The molecule has 0 unspecified atom stereocenters. The lowest BCUT2D eigenvalue weighted by atomic mass is 10.2. The molecule has 0 bridgehead atoms. The van der Waals surface area contributed by atoms with Crippen LogP contribution in [0.5, 0.6) is 0 Å². The van der Waals surface area contributed by atoms with Gasteiger partial charge in [-0.15, -0.1) is 0 Å². The number of hydrazone groups is 1. The van der Waals surface area contributed by atoms with Crippen LogP contribution in [-0.2, 0) is 21.0 Å². The maximum Gasteiger partial charge on any atom is 0.416 e. The number of hydrogen-bond acceptors (Lipinski definition) is 4. The molecular formula is C22H17BrF3N3O3S. The summed E-state index contributed by atoms with van der Waals surface area (Å²) in [4.78, 5) is 12.3. The van der Waals surface area contributed by atoms with Crippen LogP contribution in [0.2, 0.25) is 0 Å². The maximum atomic E-state index is 13.2. The Morgan fingerprint density at radius 1 is 1.00 bits per heavy atom. The van der Waals surface area contributed by atoms with Crippen molar-refractivity contribution in [2.24, 2.45) is 5.10 Å². The van der Waals surface area contributed by atoms with Gasteiger partial charge in [-0.2, -0.15) is 18.3 Å². The number of benzene rings is 3. The molecule has 0 aromatic heterocycles. The summed E-state index contributed by atoms with van der Waals surface area (Å²) in [7, 11) is -4.35. The van der Waals surface area contributed by atoms with Crippen LogP contribution >= 0.6 is 15.9 Å². The van der Waals surface area contributed by atoms with E-state index >= 15 is 0 Å². The van der Waals surface area contributed by atoms with Gasteiger partial charge in [0.25, 0.3) is 15.9 Å². The van der Waals surface area contributed by atoms with Crippen molar-refractivity contribution in [3.63, 3.8) is 0 Å². The van der Waals surface area contributed by atoms with E-state index < -0.39 is 34.2 Å². The second kappa shape index (κ2) is 10.2. The summed E-state index contributed by atoms with van der Waals surface area (Å²) in [6, 6.07) is 17.9. The number of halogens is 4. The molecule has 172 valence electrons. The molecule has 0 aliphatic heterocycles. The van der Waals surface area contributed by atoms with Gasteiger partial charge in [0.1, 0.15) is 6.54 Å². The van der Waals surface area contributed by atoms with E-state index in [2.05, 4.69) is 26.5 Å². The highest BCUT2D eigenvalue weighted by atomic mass is 79.9. The summed E-state index contributed by atoms with van der Waals surface area (Å²) in [6.07, 6.45) is -3.34. The molecule has 0 saturated carbocycles. The van der Waals surface area contributed by atoms with Crippen molar-refractivity contribution >= 4 is 43.8 Å². The minimum Gasteiger partial charge on any atom is -0.271 e. The fourth-order valence-electron chi connectivity index (χ4n) is 2.80. The standard InChI is InChI=1S/C22H17BrF3N3O3S/c23-18-8-4-6-16(12-18)14-27-28-21(30)15-29(33(31,32)20-10-2-1-3-11-20)19-9-5-7-17(13-19)22(24,25)26/h1-14H,15H2,(H,28,30)/b27-14-. The molecule has 0 aliphatic rings. The van der Waals surface area contributed by atoms with E-state index in [-0.39, 0.29) is 10.6 Å². The minimum atomic E-state index is -4.69. The van der Waals surface area contributed by atoms with Gasteiger partial charge >= 0.3 is 6.18 Å². The predicted molar refractivity (Wildman–Crippen MR) is 122 cm³/mol. The van der Waals surface area contributed by atoms with Crippen LogP contribution in [0.25, 0.3) is 0 Å². The normalized spacial score (nSPS) is 12.0. The third kappa shape index (κ3) is 6.42. The average Bonchev–Trinajstić information content (AvgIpc) is 2.77. The first-order chi connectivity index (χ1) is 15.6. The number of alkyl halides is 3. The van der Waals surface area contributed by atoms with Crippen LogP contribution in [-0.4, -0.2) is 27.1 Å². The van der Waals surface area contributed by atoms with Crippen LogP contribution in [0.3, 0.4) is 0 Å². The Kier molecular flexibility index (Phi) is 7.54. The number of carbonyl (C=O) groups excluding carboxylic acids is 1. The van der Waals surface area contributed by atoms with Crippen molar-refractivity contribution in [1.82, 2.24) is 5.43 Å². The average molecular weight is 540 g/mol. The first-order valence-electron chi connectivity index (χ1n) is 9.40. The Bertz CT molecular complexity index is 1270. The highest BCUT2D eigenvalue weighted by molar-refractivity contribution is 9.10. The van der Waals surface area contributed by atoms with Gasteiger partial charge in [0.2, 0.25) is 0 Å². The van der Waals surface area contributed by atoms with Gasteiger partial charge < -0.3 is 0 Å². The Balaban J connectivity index is 1.90. The number of anilines is 1. The number of sulfonamides is 1. The third-order valence-electron chi connectivity index (χ3n) is 4.33. The van der Waals surface area contributed by atoms with Gasteiger partial charge in [-0.05, 0) is 48.0 Å². The Labute approximate surface area is 196 Å². The lowest BCUT2D eigenvalue weighted by Crippen LogP contribution is -2.39. The van der Waals surface area contributed by atoms with Crippen LogP contribution < -0.4 is 9.73 Å². The summed E-state index contributed by atoms with van der Waals surface area (Å²) in [5, 5.41) is 3.79. The van der Waals surface area contributed by atoms with Crippen LogP contribution in [0.15, 0.2) is 93.3 Å². The van der Waals surface area contributed by atoms with Crippen LogP contribution in [0.1, 0.15) is 11.1 Å². The number of nitrogens with one attached hydrogen (secondary N) is 1. The number of amides is 1. The second-order valence-electron chi connectivity index (χ2n) is 6.72. The minimum absolute atomic E-state index is 0.173. The van der Waals surface area contributed by atoms with Crippen molar-refractivity contribution in [2.75, 3.05) is 10.8 Å². The van der Waals surface area contributed by atoms with Crippen molar-refractivity contribution in [3.8, 4) is 0 Å². The molecule has 3 aromatic carbocycles. The molecule has 0 aliphatic carbocycles. The smallest absolute Gasteiger partial charge is 0.271 e. The quantitative estimate of drug-likeness (QED) is 0.345. The summed E-state index contributed by atoms with van der Waals surface area (Å²) in [5.41, 5.74) is 1.52. The van der Waals surface area contributed by atoms with Crippen molar-refractivity contribution < 1.29 is 26.4 Å². The molecular weight excluding hydrogens is 523 g/mol. The fourth-order valence-corrected chi connectivity index (χ4v) is 4.65. The zero-order chi connectivity index (χ0) is 24.1. The molecule has 0 heterocycles. The molecule has 3 rings (SSSR count). The van der Waals surface area contributed by atoms with Gasteiger partial charge in [-0.3, -0.25) is 9.10 Å². The first kappa shape index (κ1) is 24.5. The first-order valence-corrected chi connectivity index (χ1v) is 11.6. The topological polar surface area (TPSA) is 78.8 Å². The van der Waals surface area contributed by atoms with Gasteiger partial charge in [0.15, 0.2) is 0 Å². The van der Waals surface area contributed by atoms with E-state index in [0.29, 0.717) is 15.9 Å². The predicted octanol–water partition coefficient (Wildman–Crippen LogP) is 4.81. The van der Waals surface area contributed by atoms with Crippen molar-refractivity contribution in [2.45, 2.75) is 11.1 Å². The molecule has 11 heteroatoms. The van der Waals surface area contributed by atoms with E-state index in [4.69, 9.17) is 0 Å². The fraction of sp³-hybridized carbons (Fsp3) is 0.0909. The van der Waals surface area contributed by atoms with Crippen molar-refractivity contribution in [3.05, 3.63) is 94.5 Å². The van der Waals surface area contributed by atoms with E-state index in [1.807, 2.05) is 0 Å². The van der Waals surface area contributed by atoms with Gasteiger partial charge in [-0.25, -0.2) is 13.8 Å². The molecule has 0 spiro atoms. The van der Waals surface area contributed by atoms with Crippen LogP contribution in [0.4, 0.5) is 18.9 Å². The van der Waals surface area contributed by atoms with Gasteiger partial charge in [0, 0.05) is 4.47 Å². The lowest BCUT2D eigenvalue weighted by Gasteiger charge is -2.24. The van der Waals surface area contributed by atoms with E-state index in [9.17, 15) is 26.4 Å². The lowest BCUT2D eigenvalue weighted by molar-refractivity contribution is -0.137. The van der Waals surface area contributed by atoms with Gasteiger partial charge in [-0.1, -0.05) is 52.3 Å². The summed E-state index contributed by atoms with van der Waals surface area (Å²) >= 11 is 3.30. The Morgan fingerprint density at radius 2 is 1.70 bits per heavy atom. The maximum absolute atomic E-state index is 13.2. The second-order valence-corrected chi connectivity index (χ2v) is 9.50. The van der Waals surface area contributed by atoms with E-state index in [0.717, 1.165) is 16.6 Å². The third-order valence-corrected chi connectivity index (χ3v) is 6.61. The zero-order valence-corrected chi connectivity index (χ0v) is 19.2. The summed E-state index contributed by atoms with van der Waals surface area (Å²) in [6.45, 7) is -0.783. The molecule has 0 atom stereocenters. The number of nitrogens with zero attached hydrogens (tertiary/aromatic N) is 2. The highest BCUT2D eigenvalue weighted by Gasteiger charge is 2.33. The zero-order valence-electron chi connectivity index (χ0n) is 16.8. The Hall–Kier alpha value is -3.18. The SMILES string of the molecule is O=C(CN(c1cccc(C(F)(F)F)c1)S(=O)(=O)c1ccccc1)N/N=C\c1cccc(Br)c1. The van der Waals surface area contributed by atoms with E-state index in [1.54, 1.807) is 30.3 Å². The summed E-state index contributed by atoms with van der Waals surface area (Å²) in [5.74, 6) is -0.835. The largest absolute Gasteiger partial charge is 0.416 e. The molecule has 3 aromatic rings. The summed E-state index contributed by atoms with van der Waals surface area (Å²) < 4.78 is 67.4. The highest BCUT2D eigenvalue weighted by Crippen LogP contribution is 2.33. The molecule has 0 radical (unpaired) electrons. The van der Waals surface area contributed by atoms with E-state index in [1.165, 1.54) is 36.5 Å². The number of carbonyl (C=O) groups is 1. The molecule has 6 nitrogen and oxygen atoms in total. The Morgan fingerprint density at radius 3 is 2.36 bits per heavy atom. The molecule has 1 amide bonds. The molecule has 33 heavy (non-hydrogen) atoms. The molecule has 1 N–H and O–H groups in total. The van der Waals surface area contributed by atoms with Crippen LogP contribution in [0, 0.1) is 0 Å². The molecule has 0 fully saturated rings. The van der Waals surface area contributed by atoms with Crippen molar-refractivity contribution in [1.29, 1.82) is 0 Å². The molecule has 0 saturated heterocycles. The number of hydrogen-bond donors (Lipinski definition) is 1. The van der Waals surface area contributed by atoms with Gasteiger partial charge in [0.05, 0.1) is 22.4 Å². The number of rotatable bonds is 7. The monoisotopic (exact) mass is 539 g/mol.